The molecule has 0 saturated carbocycles. The summed E-state index contributed by atoms with van der Waals surface area (Å²) in [5.41, 5.74) is 23.1. The molecule has 6 heteroatoms. The van der Waals surface area contributed by atoms with E-state index < -0.39 is 0 Å². The van der Waals surface area contributed by atoms with Crippen molar-refractivity contribution in [3.05, 3.63) is 206 Å². The second-order valence-electron chi connectivity index (χ2n) is 22.1. The molecule has 6 heterocycles. The van der Waals surface area contributed by atoms with Crippen LogP contribution in [0.5, 0.6) is 0 Å². The molecule has 0 N–H and O–H groups in total. The molecule has 0 bridgehead atoms. The standard InChI is InChI=1S/C13H16S.2C12H14S.3C11H12S.6C2H6/c1-9-7-11(13(2,3)4)8-10-5-6-14-12(9)10;1-7-8(2)10(4)12-11(9(7)3)5-6-13-12;1-8(2)11-6-9(3)12-10(7-11)4-5-13-12;1-7-6-10-4-5-12-11(10)9(3)8(7)2;1-7-6-8(2)10-4-5-12-11(10)9(7)3;1-3-9-6-8(2)11-10(7-9)4-5-12-11;6*1-2/h5-8H,1-4H3;5-6H,1-4H3;4-8H,1-3H3;2*4-6H,1-3H3;4-7H,3H2,1-2H3;6*1-2H3. The summed E-state index contributed by atoms with van der Waals surface area (Å²) >= 11 is 11.0. The Hall–Kier alpha value is -4.92. The van der Waals surface area contributed by atoms with Crippen LogP contribution in [0.3, 0.4) is 0 Å². The third-order valence-electron chi connectivity index (χ3n) is 15.3. The zero-order valence-electron chi connectivity index (χ0n) is 60.8. The molecular formula is C82H116S6. The SMILES string of the molecule is CC.CC.CC.CC.CC.CC.CCc1cc(C)c2sccc2c1.Cc1c(C)c(C)c2sccc2c1C.Cc1cc(C(C)(C)C)cc2ccsc12.Cc1cc(C(C)C)cc2ccsc12.Cc1cc(C)c2ccsc2c1C.Cc1cc2ccsc2c(C)c1C. The maximum absolute atomic E-state index is 2.32. The molecule has 0 amide bonds. The number of thiophene rings is 6. The highest BCUT2D eigenvalue weighted by Crippen LogP contribution is 2.35. The maximum Gasteiger partial charge on any atom is 0.0377 e. The molecule has 88 heavy (non-hydrogen) atoms. The van der Waals surface area contributed by atoms with E-state index in [-0.39, 0.29) is 5.41 Å². The Morgan fingerprint density at radius 2 is 0.670 bits per heavy atom. The van der Waals surface area contributed by atoms with Crippen molar-refractivity contribution in [1.29, 1.82) is 0 Å². The van der Waals surface area contributed by atoms with E-state index in [9.17, 15) is 0 Å². The lowest BCUT2D eigenvalue weighted by atomic mass is 9.85. The zero-order chi connectivity index (χ0) is 67.3. The van der Waals surface area contributed by atoms with Gasteiger partial charge in [-0.1, -0.05) is 167 Å². The van der Waals surface area contributed by atoms with Gasteiger partial charge in [0.05, 0.1) is 0 Å². The summed E-state index contributed by atoms with van der Waals surface area (Å²) in [5.74, 6) is 0.628. The van der Waals surface area contributed by atoms with Gasteiger partial charge in [-0.15, -0.1) is 68.0 Å². The summed E-state index contributed by atoms with van der Waals surface area (Å²) in [4.78, 5) is 0. The Balaban J connectivity index is 0.000000510. The first-order valence-electron chi connectivity index (χ1n) is 32.7. The molecule has 0 spiro atoms. The Labute approximate surface area is 562 Å². The number of benzene rings is 6. The monoisotopic (exact) mass is 1290 g/mol. The van der Waals surface area contributed by atoms with Gasteiger partial charge in [0.25, 0.3) is 0 Å². The Morgan fingerprint density at radius 1 is 0.307 bits per heavy atom. The van der Waals surface area contributed by atoms with Crippen LogP contribution in [-0.4, -0.2) is 0 Å². The Morgan fingerprint density at radius 3 is 1.15 bits per heavy atom. The van der Waals surface area contributed by atoms with Crippen molar-refractivity contribution in [2.45, 2.75) is 232 Å². The fraction of sp³-hybridized carbons (Fsp3) is 0.415. The van der Waals surface area contributed by atoms with E-state index in [4.69, 9.17) is 0 Å². The van der Waals surface area contributed by atoms with Gasteiger partial charge >= 0.3 is 0 Å². The Kier molecular flexibility index (Phi) is 37.5. The normalized spacial score (nSPS) is 10.1. The summed E-state index contributed by atoms with van der Waals surface area (Å²) in [5, 5.41) is 21.5. The fourth-order valence-corrected chi connectivity index (χ4v) is 15.4. The molecule has 0 radical (unpaired) electrons. The molecule has 0 aliphatic rings. The van der Waals surface area contributed by atoms with Crippen LogP contribution in [0.4, 0.5) is 0 Å². The van der Waals surface area contributed by atoms with Crippen LogP contribution >= 0.6 is 68.0 Å². The van der Waals surface area contributed by atoms with E-state index >= 15 is 0 Å². The summed E-state index contributed by atoms with van der Waals surface area (Å²) < 4.78 is 8.65. The molecule has 12 aromatic rings. The van der Waals surface area contributed by atoms with Gasteiger partial charge in [0.2, 0.25) is 0 Å². The molecule has 0 nitrogen and oxygen atoms in total. The van der Waals surface area contributed by atoms with Gasteiger partial charge in [0.15, 0.2) is 0 Å². The number of aryl methyl sites for hydroxylation is 11. The molecule has 0 fully saturated rings. The van der Waals surface area contributed by atoms with Gasteiger partial charge < -0.3 is 0 Å². The Bertz CT molecular complexity index is 3870. The van der Waals surface area contributed by atoms with Crippen LogP contribution < -0.4 is 0 Å². The van der Waals surface area contributed by atoms with Gasteiger partial charge in [0.1, 0.15) is 0 Å². The van der Waals surface area contributed by atoms with E-state index in [1.54, 1.807) is 0 Å². The summed E-state index contributed by atoms with van der Waals surface area (Å²) in [6.45, 7) is 66.1. The summed E-state index contributed by atoms with van der Waals surface area (Å²) in [6, 6.07) is 31.6. The van der Waals surface area contributed by atoms with Gasteiger partial charge in [-0.05, 0) is 304 Å². The molecule has 480 valence electrons. The third-order valence-corrected chi connectivity index (χ3v) is 21.7. The fourth-order valence-electron chi connectivity index (χ4n) is 9.84. The average Bonchev–Trinajstić information content (AvgIpc) is 2.00. The lowest BCUT2D eigenvalue weighted by molar-refractivity contribution is 0.590. The number of hydrogen-bond acceptors (Lipinski definition) is 6. The van der Waals surface area contributed by atoms with Crippen molar-refractivity contribution >= 4 is 129 Å². The number of hydrogen-bond donors (Lipinski definition) is 0. The largest absolute Gasteiger partial charge is 0.144 e. The second-order valence-corrected chi connectivity index (χ2v) is 27.6. The quantitative estimate of drug-likeness (QED) is 0.162. The van der Waals surface area contributed by atoms with E-state index in [0.717, 1.165) is 6.42 Å². The van der Waals surface area contributed by atoms with Crippen molar-refractivity contribution < 1.29 is 0 Å². The van der Waals surface area contributed by atoms with Crippen LogP contribution in [0.25, 0.3) is 60.5 Å². The number of fused-ring (bicyclic) bond motifs is 6. The zero-order valence-corrected chi connectivity index (χ0v) is 65.7. The van der Waals surface area contributed by atoms with Gasteiger partial charge in [0, 0.05) is 28.2 Å². The first-order chi connectivity index (χ1) is 42.0. The minimum atomic E-state index is 0.251. The van der Waals surface area contributed by atoms with Crippen molar-refractivity contribution in [3.8, 4) is 0 Å². The van der Waals surface area contributed by atoms with Crippen molar-refractivity contribution in [2.75, 3.05) is 0 Å². The minimum absolute atomic E-state index is 0.251. The minimum Gasteiger partial charge on any atom is -0.144 e. The molecule has 12 rings (SSSR count). The van der Waals surface area contributed by atoms with E-state index in [2.05, 4.69) is 249 Å². The number of rotatable bonds is 2. The van der Waals surface area contributed by atoms with E-state index in [1.165, 1.54) is 150 Å². The lowest BCUT2D eigenvalue weighted by Crippen LogP contribution is -2.10. The van der Waals surface area contributed by atoms with Gasteiger partial charge in [-0.25, -0.2) is 0 Å². The van der Waals surface area contributed by atoms with Crippen LogP contribution in [-0.2, 0) is 11.8 Å². The highest BCUT2D eigenvalue weighted by molar-refractivity contribution is 7.19. The highest BCUT2D eigenvalue weighted by atomic mass is 32.1. The van der Waals surface area contributed by atoms with Crippen molar-refractivity contribution in [3.63, 3.8) is 0 Å². The predicted molar refractivity (Wildman–Crippen MR) is 423 cm³/mol. The van der Waals surface area contributed by atoms with Gasteiger partial charge in [-0.3, -0.25) is 0 Å². The third kappa shape index (κ3) is 21.6. The first-order valence-corrected chi connectivity index (χ1v) is 38.0. The average molecular weight is 1290 g/mol. The highest BCUT2D eigenvalue weighted by Gasteiger charge is 2.16. The molecule has 6 aromatic heterocycles. The predicted octanol–water partition coefficient (Wildman–Crippen LogP) is 30.6. The smallest absolute Gasteiger partial charge is 0.0377 e. The summed E-state index contributed by atoms with van der Waals surface area (Å²) in [7, 11) is 0. The second kappa shape index (κ2) is 40.7. The molecule has 0 atom stereocenters. The maximum atomic E-state index is 2.32. The molecule has 0 aliphatic heterocycles. The lowest BCUT2D eigenvalue weighted by Gasteiger charge is -2.19. The first kappa shape index (κ1) is 81.1. The molecule has 6 aromatic carbocycles. The van der Waals surface area contributed by atoms with Gasteiger partial charge in [-0.2, -0.15) is 0 Å². The van der Waals surface area contributed by atoms with Crippen molar-refractivity contribution in [2.24, 2.45) is 0 Å². The van der Waals surface area contributed by atoms with Crippen LogP contribution in [0.2, 0.25) is 0 Å². The van der Waals surface area contributed by atoms with Crippen LogP contribution in [0.1, 0.15) is 220 Å². The molecule has 0 unspecified atom stereocenters. The molecule has 0 saturated heterocycles. The van der Waals surface area contributed by atoms with E-state index in [0.29, 0.717) is 5.92 Å². The van der Waals surface area contributed by atoms with E-state index in [1.807, 2.05) is 151 Å². The molecular weight excluding hydrogens is 1180 g/mol. The van der Waals surface area contributed by atoms with Crippen molar-refractivity contribution in [1.82, 2.24) is 0 Å². The van der Waals surface area contributed by atoms with Crippen LogP contribution in [0, 0.1) is 90.0 Å². The topological polar surface area (TPSA) is 0 Å². The van der Waals surface area contributed by atoms with Crippen LogP contribution in [0.15, 0.2) is 117 Å². The molecule has 0 aliphatic carbocycles. The summed E-state index contributed by atoms with van der Waals surface area (Å²) in [6.07, 6.45) is 1.13.